The Kier molecular flexibility index (Phi) is 4.08. The molecule has 2 aromatic rings. The van der Waals surface area contributed by atoms with Gasteiger partial charge in [0.05, 0.1) is 7.11 Å². The zero-order chi connectivity index (χ0) is 14.7. The highest BCUT2D eigenvalue weighted by atomic mass is 16.5. The summed E-state index contributed by atoms with van der Waals surface area (Å²) in [6.45, 7) is 6.01. The van der Waals surface area contributed by atoms with Gasteiger partial charge in [0.15, 0.2) is 5.69 Å². The Bertz CT molecular complexity index is 600. The van der Waals surface area contributed by atoms with Crippen molar-refractivity contribution in [2.75, 3.05) is 12.4 Å². The number of hydrogen-bond acceptors (Lipinski definition) is 3. The maximum Gasteiger partial charge on any atom is 0.276 e. The van der Waals surface area contributed by atoms with Gasteiger partial charge < -0.3 is 10.1 Å². The SMILES string of the molecule is COc1ccc(NC(=O)c2cc(C)n(C(C)C)n2)cc1. The number of aromatic nitrogens is 2. The molecule has 106 valence electrons. The quantitative estimate of drug-likeness (QED) is 0.931. The molecule has 1 aromatic heterocycles. The predicted octanol–water partition coefficient (Wildman–Crippen LogP) is 3.03. The monoisotopic (exact) mass is 273 g/mol. The van der Waals surface area contributed by atoms with Gasteiger partial charge in [-0.25, -0.2) is 0 Å². The van der Waals surface area contributed by atoms with Crippen LogP contribution < -0.4 is 10.1 Å². The molecule has 0 spiro atoms. The summed E-state index contributed by atoms with van der Waals surface area (Å²) in [6, 6.07) is 9.21. The van der Waals surface area contributed by atoms with E-state index in [0.717, 1.165) is 11.4 Å². The smallest absolute Gasteiger partial charge is 0.276 e. The summed E-state index contributed by atoms with van der Waals surface area (Å²) in [4.78, 5) is 12.1. The topological polar surface area (TPSA) is 56.1 Å². The standard InChI is InChI=1S/C15H19N3O2/c1-10(2)18-11(3)9-14(17-18)15(19)16-12-5-7-13(20-4)8-6-12/h5-10H,1-4H3,(H,16,19). The molecule has 0 saturated heterocycles. The first-order valence-corrected chi connectivity index (χ1v) is 6.53. The van der Waals surface area contributed by atoms with Crippen LogP contribution in [0.5, 0.6) is 5.75 Å². The van der Waals surface area contributed by atoms with Crippen molar-refractivity contribution in [2.45, 2.75) is 26.8 Å². The normalized spacial score (nSPS) is 10.7. The molecule has 0 fully saturated rings. The highest BCUT2D eigenvalue weighted by Gasteiger charge is 2.13. The number of nitrogens with zero attached hydrogens (tertiary/aromatic N) is 2. The van der Waals surface area contributed by atoms with Crippen LogP contribution in [0.4, 0.5) is 5.69 Å². The van der Waals surface area contributed by atoms with Crippen LogP contribution in [0, 0.1) is 6.92 Å². The number of carbonyl (C=O) groups is 1. The Labute approximate surface area is 118 Å². The lowest BCUT2D eigenvalue weighted by atomic mass is 10.3. The molecule has 0 bridgehead atoms. The van der Waals surface area contributed by atoms with E-state index in [0.29, 0.717) is 11.4 Å². The van der Waals surface area contributed by atoms with Crippen molar-refractivity contribution in [1.29, 1.82) is 0 Å². The zero-order valence-corrected chi connectivity index (χ0v) is 12.2. The zero-order valence-electron chi connectivity index (χ0n) is 12.2. The molecular formula is C15H19N3O2. The van der Waals surface area contributed by atoms with Gasteiger partial charge >= 0.3 is 0 Å². The van der Waals surface area contributed by atoms with E-state index < -0.39 is 0 Å². The fourth-order valence-corrected chi connectivity index (χ4v) is 1.99. The summed E-state index contributed by atoms with van der Waals surface area (Å²) in [5.74, 6) is 0.542. The van der Waals surface area contributed by atoms with Crippen LogP contribution in [0.2, 0.25) is 0 Å². The molecule has 1 amide bonds. The third-order valence-corrected chi connectivity index (χ3v) is 2.99. The summed E-state index contributed by atoms with van der Waals surface area (Å²) in [7, 11) is 1.61. The third-order valence-electron chi connectivity index (χ3n) is 2.99. The highest BCUT2D eigenvalue weighted by Crippen LogP contribution is 2.16. The first kappa shape index (κ1) is 14.1. The Morgan fingerprint density at radius 1 is 1.30 bits per heavy atom. The molecule has 20 heavy (non-hydrogen) atoms. The number of amides is 1. The molecule has 0 aliphatic heterocycles. The van der Waals surface area contributed by atoms with Crippen LogP contribution in [0.25, 0.3) is 0 Å². The minimum Gasteiger partial charge on any atom is -0.497 e. The molecule has 5 nitrogen and oxygen atoms in total. The fraction of sp³-hybridized carbons (Fsp3) is 0.333. The van der Waals surface area contributed by atoms with E-state index in [-0.39, 0.29) is 11.9 Å². The number of aryl methyl sites for hydroxylation is 1. The van der Waals surface area contributed by atoms with Gasteiger partial charge in [0.2, 0.25) is 0 Å². The van der Waals surface area contributed by atoms with Crippen molar-refractivity contribution in [3.63, 3.8) is 0 Å². The van der Waals surface area contributed by atoms with Gasteiger partial charge in [-0.3, -0.25) is 9.48 Å². The average Bonchev–Trinajstić information content (AvgIpc) is 2.82. The maximum absolute atomic E-state index is 12.1. The number of hydrogen-bond donors (Lipinski definition) is 1. The van der Waals surface area contributed by atoms with E-state index in [4.69, 9.17) is 4.74 Å². The maximum atomic E-state index is 12.1. The lowest BCUT2D eigenvalue weighted by molar-refractivity contribution is 0.102. The average molecular weight is 273 g/mol. The van der Waals surface area contributed by atoms with Crippen molar-refractivity contribution in [3.8, 4) is 5.75 Å². The molecule has 1 aromatic carbocycles. The summed E-state index contributed by atoms with van der Waals surface area (Å²) in [5.41, 5.74) is 2.11. The number of anilines is 1. The van der Waals surface area contributed by atoms with E-state index in [1.54, 1.807) is 37.4 Å². The Balaban J connectivity index is 2.13. The van der Waals surface area contributed by atoms with Crippen molar-refractivity contribution in [3.05, 3.63) is 41.7 Å². The van der Waals surface area contributed by atoms with Gasteiger partial charge in [0.1, 0.15) is 5.75 Å². The van der Waals surface area contributed by atoms with Gasteiger partial charge in [-0.05, 0) is 51.1 Å². The third kappa shape index (κ3) is 2.99. The van der Waals surface area contributed by atoms with E-state index in [1.807, 2.05) is 25.5 Å². The van der Waals surface area contributed by atoms with Crippen LogP contribution in [-0.4, -0.2) is 22.8 Å². The Morgan fingerprint density at radius 2 is 1.95 bits per heavy atom. The second-order valence-corrected chi connectivity index (χ2v) is 4.89. The van der Waals surface area contributed by atoms with E-state index in [9.17, 15) is 4.79 Å². The molecule has 5 heteroatoms. The fourth-order valence-electron chi connectivity index (χ4n) is 1.99. The number of benzene rings is 1. The van der Waals surface area contributed by atoms with Crippen molar-refractivity contribution in [2.24, 2.45) is 0 Å². The molecule has 0 radical (unpaired) electrons. The second kappa shape index (κ2) is 5.77. The summed E-state index contributed by atoms with van der Waals surface area (Å²) >= 11 is 0. The second-order valence-electron chi connectivity index (χ2n) is 4.89. The molecule has 0 atom stereocenters. The van der Waals surface area contributed by atoms with E-state index in [1.165, 1.54) is 0 Å². The minimum absolute atomic E-state index is 0.210. The molecule has 1 N–H and O–H groups in total. The van der Waals surface area contributed by atoms with Crippen LogP contribution >= 0.6 is 0 Å². The van der Waals surface area contributed by atoms with Crippen molar-refractivity contribution in [1.82, 2.24) is 9.78 Å². The summed E-state index contributed by atoms with van der Waals surface area (Å²) in [6.07, 6.45) is 0. The van der Waals surface area contributed by atoms with Crippen LogP contribution in [0.3, 0.4) is 0 Å². The molecule has 0 saturated carbocycles. The molecule has 0 aliphatic rings. The van der Waals surface area contributed by atoms with Gasteiger partial charge in [-0.15, -0.1) is 0 Å². The Hall–Kier alpha value is -2.30. The number of ether oxygens (including phenoxy) is 1. The molecule has 2 rings (SSSR count). The van der Waals surface area contributed by atoms with Crippen LogP contribution in [-0.2, 0) is 0 Å². The number of methoxy groups -OCH3 is 1. The molecular weight excluding hydrogens is 254 g/mol. The highest BCUT2D eigenvalue weighted by molar-refractivity contribution is 6.02. The van der Waals surface area contributed by atoms with Crippen LogP contribution in [0.15, 0.2) is 30.3 Å². The van der Waals surface area contributed by atoms with Crippen LogP contribution in [0.1, 0.15) is 36.1 Å². The van der Waals surface area contributed by atoms with Gasteiger partial charge in [0.25, 0.3) is 5.91 Å². The molecule has 0 unspecified atom stereocenters. The number of nitrogens with one attached hydrogen (secondary N) is 1. The summed E-state index contributed by atoms with van der Waals surface area (Å²) in [5, 5.41) is 7.14. The number of rotatable bonds is 4. The minimum atomic E-state index is -0.210. The largest absolute Gasteiger partial charge is 0.497 e. The summed E-state index contributed by atoms with van der Waals surface area (Å²) < 4.78 is 6.91. The van der Waals surface area contributed by atoms with Gasteiger partial charge in [-0.2, -0.15) is 5.10 Å². The van der Waals surface area contributed by atoms with Crippen molar-refractivity contribution >= 4 is 11.6 Å². The molecule has 1 heterocycles. The van der Waals surface area contributed by atoms with Gasteiger partial charge in [-0.1, -0.05) is 0 Å². The van der Waals surface area contributed by atoms with Gasteiger partial charge in [0, 0.05) is 17.4 Å². The number of carbonyl (C=O) groups excluding carboxylic acids is 1. The first-order valence-electron chi connectivity index (χ1n) is 6.53. The predicted molar refractivity (Wildman–Crippen MR) is 78.3 cm³/mol. The van der Waals surface area contributed by atoms with E-state index >= 15 is 0 Å². The molecule has 0 aliphatic carbocycles. The van der Waals surface area contributed by atoms with Crippen molar-refractivity contribution < 1.29 is 9.53 Å². The Morgan fingerprint density at radius 3 is 2.45 bits per heavy atom. The van der Waals surface area contributed by atoms with E-state index in [2.05, 4.69) is 10.4 Å². The first-order chi connectivity index (χ1) is 9.51. The lowest BCUT2D eigenvalue weighted by Gasteiger charge is -2.07. The lowest BCUT2D eigenvalue weighted by Crippen LogP contribution is -2.13.